The van der Waals surface area contributed by atoms with Crippen LogP contribution in [-0.2, 0) is 9.53 Å². The molecule has 1 aromatic heterocycles. The summed E-state index contributed by atoms with van der Waals surface area (Å²) >= 11 is 1.28. The molecule has 0 spiro atoms. The second-order valence-electron chi connectivity index (χ2n) is 8.40. The van der Waals surface area contributed by atoms with Gasteiger partial charge in [-0.2, -0.15) is 0 Å². The highest BCUT2D eigenvalue weighted by Crippen LogP contribution is 2.37. The van der Waals surface area contributed by atoms with Gasteiger partial charge >= 0.3 is 5.97 Å². The summed E-state index contributed by atoms with van der Waals surface area (Å²) in [5, 5.41) is 0. The lowest BCUT2D eigenvalue weighted by Gasteiger charge is -2.26. The van der Waals surface area contributed by atoms with Gasteiger partial charge in [0.2, 0.25) is 0 Å². The predicted molar refractivity (Wildman–Crippen MR) is 141 cm³/mol. The molecule has 2 aromatic carbocycles. The normalized spacial score (nSPS) is 15.3. The van der Waals surface area contributed by atoms with E-state index in [1.54, 1.807) is 50.8 Å². The van der Waals surface area contributed by atoms with Crippen LogP contribution in [0.25, 0.3) is 6.08 Å². The summed E-state index contributed by atoms with van der Waals surface area (Å²) in [6, 6.07) is 12.5. The van der Waals surface area contributed by atoms with Crippen LogP contribution in [0.2, 0.25) is 0 Å². The van der Waals surface area contributed by atoms with Gasteiger partial charge in [-0.25, -0.2) is 9.79 Å². The van der Waals surface area contributed by atoms with Crippen molar-refractivity contribution in [3.63, 3.8) is 0 Å². The zero-order valence-corrected chi connectivity index (χ0v) is 22.0. The first-order chi connectivity index (χ1) is 17.3. The molecule has 0 bridgehead atoms. The minimum Gasteiger partial charge on any atom is -0.497 e. The fourth-order valence-electron chi connectivity index (χ4n) is 4.15. The van der Waals surface area contributed by atoms with E-state index in [1.807, 2.05) is 49.3 Å². The van der Waals surface area contributed by atoms with Gasteiger partial charge in [-0.1, -0.05) is 23.5 Å². The number of fused-ring (bicyclic) bond motifs is 1. The maximum Gasteiger partial charge on any atom is 0.338 e. The topological polar surface area (TPSA) is 82.4 Å². The number of aromatic nitrogens is 1. The third kappa shape index (κ3) is 4.66. The molecule has 0 radical (unpaired) electrons. The number of esters is 1. The smallest absolute Gasteiger partial charge is 0.338 e. The maximum atomic E-state index is 13.8. The van der Waals surface area contributed by atoms with E-state index < -0.39 is 12.0 Å². The van der Waals surface area contributed by atoms with Crippen LogP contribution in [0.5, 0.6) is 11.5 Å². The number of anilines is 1. The number of hydrogen-bond donors (Lipinski definition) is 0. The lowest BCUT2D eigenvalue weighted by atomic mass is 9.95. The summed E-state index contributed by atoms with van der Waals surface area (Å²) < 4.78 is 18.4. The number of ether oxygens (including phenoxy) is 3. The molecular weight excluding hydrogens is 478 g/mol. The molecule has 0 unspecified atom stereocenters. The first kappa shape index (κ1) is 25.2. The third-order valence-electron chi connectivity index (χ3n) is 5.96. The molecule has 8 nitrogen and oxygen atoms in total. The molecule has 1 aliphatic heterocycles. The van der Waals surface area contributed by atoms with Crippen LogP contribution in [0.1, 0.15) is 31.0 Å². The lowest BCUT2D eigenvalue weighted by molar-refractivity contribution is -0.139. The fraction of sp³-hybridized carbons (Fsp3) is 0.296. The maximum absolute atomic E-state index is 13.8. The van der Waals surface area contributed by atoms with Crippen molar-refractivity contribution in [1.29, 1.82) is 0 Å². The van der Waals surface area contributed by atoms with Crippen molar-refractivity contribution in [2.45, 2.75) is 19.9 Å². The molecular formula is C27H29N3O5S. The first-order valence-corrected chi connectivity index (χ1v) is 12.3. The molecule has 0 N–H and O–H groups in total. The second kappa shape index (κ2) is 10.4. The number of benzene rings is 2. The summed E-state index contributed by atoms with van der Waals surface area (Å²) in [6.07, 6.45) is 1.84. The Kier molecular flexibility index (Phi) is 7.30. The molecule has 4 rings (SSSR count). The summed E-state index contributed by atoms with van der Waals surface area (Å²) in [7, 11) is 7.06. The summed E-state index contributed by atoms with van der Waals surface area (Å²) in [4.78, 5) is 34.0. The standard InChI is InChI=1S/C27H29N3O5S/c1-7-35-26(32)23-16(2)28-27-30(24(23)20-13-12-19(33-5)15-21(20)34-6)25(31)22(36-27)14-17-8-10-18(11-9-17)29(3)4/h8-15,24H,7H2,1-6H3/b22-14+/t24-/m1/s1. The van der Waals surface area contributed by atoms with Crippen molar-refractivity contribution >= 4 is 29.1 Å². The van der Waals surface area contributed by atoms with Crippen LogP contribution < -0.4 is 29.3 Å². The Hall–Kier alpha value is -3.85. The zero-order valence-electron chi connectivity index (χ0n) is 21.2. The van der Waals surface area contributed by atoms with E-state index in [-0.39, 0.29) is 12.2 Å². The Labute approximate surface area is 213 Å². The highest BCUT2D eigenvalue weighted by molar-refractivity contribution is 7.07. The molecule has 1 atom stereocenters. The van der Waals surface area contributed by atoms with Crippen molar-refractivity contribution < 1.29 is 19.0 Å². The lowest BCUT2D eigenvalue weighted by Crippen LogP contribution is -2.40. The Morgan fingerprint density at radius 3 is 2.47 bits per heavy atom. The van der Waals surface area contributed by atoms with E-state index in [4.69, 9.17) is 14.2 Å². The average molecular weight is 508 g/mol. The summed E-state index contributed by atoms with van der Waals surface area (Å²) in [5.41, 5.74) is 3.15. The van der Waals surface area contributed by atoms with Crippen LogP contribution in [0.3, 0.4) is 0 Å². The molecule has 188 valence electrons. The Bertz CT molecular complexity index is 1500. The molecule has 1 aliphatic rings. The van der Waals surface area contributed by atoms with Gasteiger partial charge in [-0.3, -0.25) is 9.36 Å². The highest BCUT2D eigenvalue weighted by atomic mass is 32.1. The SMILES string of the molecule is CCOC(=O)C1=C(C)N=c2s/c(=C/c3ccc(N(C)C)cc3)c(=O)n2[C@@H]1c1ccc(OC)cc1OC. The van der Waals surface area contributed by atoms with Gasteiger partial charge in [0.05, 0.1) is 36.6 Å². The van der Waals surface area contributed by atoms with Crippen LogP contribution in [0, 0.1) is 0 Å². The van der Waals surface area contributed by atoms with Gasteiger partial charge in [-0.15, -0.1) is 0 Å². The number of hydrogen-bond acceptors (Lipinski definition) is 8. The molecule has 3 aromatic rings. The van der Waals surface area contributed by atoms with E-state index in [9.17, 15) is 9.59 Å². The van der Waals surface area contributed by atoms with Crippen molar-refractivity contribution in [2.24, 2.45) is 4.99 Å². The number of nitrogens with zero attached hydrogens (tertiary/aromatic N) is 3. The molecule has 0 saturated heterocycles. The van der Waals surface area contributed by atoms with E-state index in [0.29, 0.717) is 37.7 Å². The number of carbonyl (C=O) groups is 1. The molecule has 0 aliphatic carbocycles. The molecule has 0 amide bonds. The molecule has 36 heavy (non-hydrogen) atoms. The quantitative estimate of drug-likeness (QED) is 0.458. The number of allylic oxidation sites excluding steroid dienone is 1. The van der Waals surface area contributed by atoms with Crippen LogP contribution in [-0.4, -0.2) is 45.5 Å². The monoisotopic (exact) mass is 507 g/mol. The van der Waals surface area contributed by atoms with Gasteiger partial charge in [0.1, 0.15) is 17.5 Å². The second-order valence-corrected chi connectivity index (χ2v) is 9.41. The molecule has 2 heterocycles. The number of thiazole rings is 1. The fourth-order valence-corrected chi connectivity index (χ4v) is 5.20. The van der Waals surface area contributed by atoms with Crippen molar-refractivity contribution in [3.8, 4) is 11.5 Å². The summed E-state index contributed by atoms with van der Waals surface area (Å²) in [5.74, 6) is 0.572. The minimum absolute atomic E-state index is 0.204. The van der Waals surface area contributed by atoms with Crippen molar-refractivity contribution in [1.82, 2.24) is 4.57 Å². The number of methoxy groups -OCH3 is 2. The van der Waals surface area contributed by atoms with Gasteiger partial charge in [0.25, 0.3) is 5.56 Å². The minimum atomic E-state index is -0.764. The Morgan fingerprint density at radius 2 is 1.86 bits per heavy atom. The molecule has 9 heteroatoms. The zero-order chi connectivity index (χ0) is 26.0. The van der Waals surface area contributed by atoms with Gasteiger partial charge < -0.3 is 19.1 Å². The number of rotatable bonds is 7. The van der Waals surface area contributed by atoms with Crippen LogP contribution in [0.4, 0.5) is 5.69 Å². The highest BCUT2D eigenvalue weighted by Gasteiger charge is 2.35. The van der Waals surface area contributed by atoms with Crippen molar-refractivity contribution in [2.75, 3.05) is 39.8 Å². The van der Waals surface area contributed by atoms with Gasteiger partial charge in [0, 0.05) is 31.4 Å². The van der Waals surface area contributed by atoms with E-state index >= 15 is 0 Å². The largest absolute Gasteiger partial charge is 0.497 e. The summed E-state index contributed by atoms with van der Waals surface area (Å²) in [6.45, 7) is 3.70. The predicted octanol–water partition coefficient (Wildman–Crippen LogP) is 2.88. The van der Waals surface area contributed by atoms with Crippen molar-refractivity contribution in [3.05, 3.63) is 84.5 Å². The number of carbonyl (C=O) groups excluding carboxylic acids is 1. The molecule has 0 saturated carbocycles. The Morgan fingerprint density at radius 1 is 1.14 bits per heavy atom. The van der Waals surface area contributed by atoms with E-state index in [1.165, 1.54) is 11.3 Å². The molecule has 0 fully saturated rings. The van der Waals surface area contributed by atoms with E-state index in [2.05, 4.69) is 4.99 Å². The van der Waals surface area contributed by atoms with Crippen LogP contribution >= 0.6 is 11.3 Å². The first-order valence-electron chi connectivity index (χ1n) is 11.5. The van der Waals surface area contributed by atoms with Gasteiger partial charge in [-0.05, 0) is 49.8 Å². The average Bonchev–Trinajstić information content (AvgIpc) is 3.17. The van der Waals surface area contributed by atoms with E-state index in [0.717, 1.165) is 11.3 Å². The van der Waals surface area contributed by atoms with Gasteiger partial charge in [0.15, 0.2) is 4.80 Å². The Balaban J connectivity index is 1.94. The van der Waals surface area contributed by atoms with Crippen LogP contribution in [0.15, 0.2) is 63.5 Å². The third-order valence-corrected chi connectivity index (χ3v) is 6.94.